The third kappa shape index (κ3) is 3.93. The first-order chi connectivity index (χ1) is 17.7. The molecule has 37 heavy (non-hydrogen) atoms. The van der Waals surface area contributed by atoms with Crippen LogP contribution in [0.25, 0.3) is 17.1 Å². The summed E-state index contributed by atoms with van der Waals surface area (Å²) < 4.78 is 15.6. The van der Waals surface area contributed by atoms with Gasteiger partial charge in [-0.1, -0.05) is 29.0 Å². The fraction of sp³-hybridized carbons (Fsp3) is 0.231. The van der Waals surface area contributed by atoms with Crippen LogP contribution in [0.2, 0.25) is 5.02 Å². The van der Waals surface area contributed by atoms with Crippen LogP contribution in [0, 0.1) is 0 Å². The predicted molar refractivity (Wildman–Crippen MR) is 142 cm³/mol. The van der Waals surface area contributed by atoms with Gasteiger partial charge in [-0.3, -0.25) is 18.5 Å². The number of esters is 1. The van der Waals surface area contributed by atoms with Gasteiger partial charge in [0.25, 0.3) is 5.56 Å². The van der Waals surface area contributed by atoms with Crippen LogP contribution >= 0.6 is 22.9 Å². The number of carbonyl (C=O) groups excluding carboxylic acids is 1. The molecule has 0 saturated carbocycles. The van der Waals surface area contributed by atoms with Gasteiger partial charge in [0.1, 0.15) is 11.8 Å². The number of aromatic nitrogens is 3. The summed E-state index contributed by atoms with van der Waals surface area (Å²) in [6.07, 6.45) is 1.75. The molecule has 0 bridgehead atoms. The normalized spacial score (nSPS) is 15.6. The number of methoxy groups -OCH3 is 2. The summed E-state index contributed by atoms with van der Waals surface area (Å²) in [5.74, 6) is -0.131. The minimum absolute atomic E-state index is 0.132. The number of fused-ring (bicyclic) bond motifs is 2. The number of aryl methyl sites for hydroxylation is 2. The summed E-state index contributed by atoms with van der Waals surface area (Å²) in [5.41, 5.74) is 3.03. The lowest BCUT2D eigenvalue weighted by Crippen LogP contribution is -2.40. The fourth-order valence-corrected chi connectivity index (χ4v) is 5.90. The molecule has 1 aliphatic heterocycles. The summed E-state index contributed by atoms with van der Waals surface area (Å²) in [6, 6.07) is 9.75. The van der Waals surface area contributed by atoms with Crippen LogP contribution in [0.4, 0.5) is 0 Å². The topological polar surface area (TPSA) is 96.8 Å². The summed E-state index contributed by atoms with van der Waals surface area (Å²) in [5, 5.41) is 0.429. The van der Waals surface area contributed by atoms with Crippen molar-refractivity contribution < 1.29 is 14.3 Å². The summed E-state index contributed by atoms with van der Waals surface area (Å²) in [6.45, 7) is 1.71. The van der Waals surface area contributed by atoms with Crippen molar-refractivity contribution in [2.24, 2.45) is 19.1 Å². The van der Waals surface area contributed by atoms with E-state index in [1.165, 1.54) is 30.1 Å². The molecular weight excluding hydrogens is 516 g/mol. The van der Waals surface area contributed by atoms with Crippen LogP contribution in [-0.2, 0) is 23.6 Å². The number of hydrogen-bond donors (Lipinski definition) is 0. The monoisotopic (exact) mass is 538 g/mol. The molecule has 0 unspecified atom stereocenters. The summed E-state index contributed by atoms with van der Waals surface area (Å²) in [7, 11) is 6.22. The quantitative estimate of drug-likeness (QED) is 0.371. The predicted octanol–water partition coefficient (Wildman–Crippen LogP) is 2.26. The number of hydrogen-bond acceptors (Lipinski definition) is 7. The van der Waals surface area contributed by atoms with Crippen molar-refractivity contribution >= 4 is 46.0 Å². The minimum atomic E-state index is -0.850. The largest absolute Gasteiger partial charge is 0.496 e. The van der Waals surface area contributed by atoms with Crippen molar-refractivity contribution in [2.75, 3.05) is 14.2 Å². The molecule has 11 heteroatoms. The van der Waals surface area contributed by atoms with E-state index in [1.54, 1.807) is 54.4 Å². The average molecular weight is 539 g/mol. The van der Waals surface area contributed by atoms with Gasteiger partial charge in [-0.25, -0.2) is 14.6 Å². The molecule has 5 rings (SSSR count). The number of imidazole rings is 1. The molecule has 1 aliphatic rings. The number of thiazole rings is 1. The van der Waals surface area contributed by atoms with Gasteiger partial charge in [0.15, 0.2) is 4.80 Å². The second kappa shape index (κ2) is 9.20. The lowest BCUT2D eigenvalue weighted by atomic mass is 9.95. The number of halogens is 1. The highest BCUT2D eigenvalue weighted by atomic mass is 35.5. The molecule has 0 amide bonds. The van der Waals surface area contributed by atoms with Gasteiger partial charge in [-0.15, -0.1) is 0 Å². The van der Waals surface area contributed by atoms with Crippen molar-refractivity contribution in [2.45, 2.75) is 13.0 Å². The summed E-state index contributed by atoms with van der Waals surface area (Å²) in [4.78, 5) is 44.0. The Hall–Kier alpha value is -3.89. The number of ether oxygens (including phenoxy) is 2. The van der Waals surface area contributed by atoms with Crippen molar-refractivity contribution in [3.05, 3.63) is 94.0 Å². The van der Waals surface area contributed by atoms with Crippen molar-refractivity contribution in [3.63, 3.8) is 0 Å². The Bertz CT molecular complexity index is 1880. The van der Waals surface area contributed by atoms with E-state index >= 15 is 0 Å². The van der Waals surface area contributed by atoms with E-state index in [4.69, 9.17) is 21.1 Å². The van der Waals surface area contributed by atoms with Gasteiger partial charge in [0.05, 0.1) is 41.1 Å². The third-order valence-corrected chi connectivity index (χ3v) is 7.73. The highest BCUT2D eigenvalue weighted by molar-refractivity contribution is 7.07. The second-order valence-electron chi connectivity index (χ2n) is 8.61. The van der Waals surface area contributed by atoms with Gasteiger partial charge >= 0.3 is 11.7 Å². The van der Waals surface area contributed by atoms with Gasteiger partial charge in [-0.05, 0) is 48.9 Å². The Labute approximate surface area is 219 Å². The van der Waals surface area contributed by atoms with Crippen LogP contribution in [0.3, 0.4) is 0 Å². The highest BCUT2D eigenvalue weighted by Crippen LogP contribution is 2.37. The SMILES string of the molecule is COC(=O)C1=C(C)N=c2s/c(=C\c3ccc4c(c3)n(C)c(=O)n4C)c(=O)n2[C@@H]1c1cc(Cl)ccc1OC. The van der Waals surface area contributed by atoms with Crippen LogP contribution in [0.5, 0.6) is 5.75 Å². The van der Waals surface area contributed by atoms with Gasteiger partial charge in [0.2, 0.25) is 0 Å². The Morgan fingerprint density at radius 2 is 1.81 bits per heavy atom. The molecule has 3 heterocycles. The first-order valence-corrected chi connectivity index (χ1v) is 12.5. The zero-order valence-electron chi connectivity index (χ0n) is 20.7. The van der Waals surface area contributed by atoms with Crippen LogP contribution in [0.15, 0.2) is 62.2 Å². The van der Waals surface area contributed by atoms with Gasteiger partial charge in [0, 0.05) is 24.7 Å². The van der Waals surface area contributed by atoms with Crippen LogP contribution in [0.1, 0.15) is 24.1 Å². The number of benzene rings is 2. The van der Waals surface area contributed by atoms with E-state index in [1.807, 2.05) is 18.2 Å². The lowest BCUT2D eigenvalue weighted by molar-refractivity contribution is -0.136. The fourth-order valence-electron chi connectivity index (χ4n) is 4.67. The Kier molecular flexibility index (Phi) is 6.17. The smallest absolute Gasteiger partial charge is 0.338 e. The molecule has 1 atom stereocenters. The molecule has 0 N–H and O–H groups in total. The molecule has 190 valence electrons. The number of nitrogens with zero attached hydrogens (tertiary/aromatic N) is 4. The third-order valence-electron chi connectivity index (χ3n) is 6.51. The van der Waals surface area contributed by atoms with Gasteiger partial charge in [-0.2, -0.15) is 0 Å². The number of allylic oxidation sites excluding steroid dienone is 1. The van der Waals surface area contributed by atoms with E-state index in [2.05, 4.69) is 4.99 Å². The first kappa shape index (κ1) is 24.8. The van der Waals surface area contributed by atoms with Gasteiger partial charge < -0.3 is 9.47 Å². The standard InChI is InChI=1S/C26H23ClN4O5S/c1-13-21(24(33)36-5)22(16-12-15(27)7-9-19(16)35-4)31-23(32)20(37-25(31)28-13)11-14-6-8-17-18(10-14)30(3)26(34)29(17)2/h6-12,22H,1-5H3/b20-11-/t22-/m1/s1. The maximum atomic E-state index is 13.8. The molecule has 0 spiro atoms. The molecule has 0 saturated heterocycles. The molecule has 2 aromatic heterocycles. The zero-order chi connectivity index (χ0) is 26.6. The molecule has 0 radical (unpaired) electrons. The molecule has 0 aliphatic carbocycles. The lowest BCUT2D eigenvalue weighted by Gasteiger charge is -2.25. The van der Waals surface area contributed by atoms with Crippen molar-refractivity contribution in [1.29, 1.82) is 0 Å². The average Bonchev–Trinajstić information content (AvgIpc) is 3.30. The van der Waals surface area contributed by atoms with Crippen LogP contribution in [-0.4, -0.2) is 33.9 Å². The highest BCUT2D eigenvalue weighted by Gasteiger charge is 2.35. The molecule has 4 aromatic rings. The Balaban J connectivity index is 1.77. The van der Waals surface area contributed by atoms with E-state index in [9.17, 15) is 14.4 Å². The molecule has 0 fully saturated rings. The first-order valence-electron chi connectivity index (χ1n) is 11.3. The number of rotatable bonds is 4. The Morgan fingerprint density at radius 1 is 1.08 bits per heavy atom. The van der Waals surface area contributed by atoms with Crippen LogP contribution < -0.4 is 25.3 Å². The Morgan fingerprint density at radius 3 is 2.51 bits per heavy atom. The maximum Gasteiger partial charge on any atom is 0.338 e. The summed E-state index contributed by atoms with van der Waals surface area (Å²) >= 11 is 7.53. The zero-order valence-corrected chi connectivity index (χ0v) is 22.3. The minimum Gasteiger partial charge on any atom is -0.496 e. The molecule has 9 nitrogen and oxygen atoms in total. The maximum absolute atomic E-state index is 13.8. The van der Waals surface area contributed by atoms with Crippen molar-refractivity contribution in [1.82, 2.24) is 13.7 Å². The molecule has 2 aromatic carbocycles. The van der Waals surface area contributed by atoms with Crippen molar-refractivity contribution in [3.8, 4) is 5.75 Å². The van der Waals surface area contributed by atoms with E-state index in [-0.39, 0.29) is 16.8 Å². The molecular formula is C26H23ClN4O5S. The van der Waals surface area contributed by atoms with E-state index in [0.717, 1.165) is 16.6 Å². The van der Waals surface area contributed by atoms with E-state index < -0.39 is 12.0 Å². The number of carbonyl (C=O) groups is 1. The second-order valence-corrected chi connectivity index (χ2v) is 10.1. The van der Waals surface area contributed by atoms with E-state index in [0.29, 0.717) is 31.4 Å².